The Morgan fingerprint density at radius 1 is 0.286 bits per heavy atom. The van der Waals surface area contributed by atoms with Gasteiger partial charge in [-0.3, -0.25) is 0 Å². The third-order valence-corrected chi connectivity index (χ3v) is 10.6. The van der Waals surface area contributed by atoms with Crippen LogP contribution in [0.1, 0.15) is 0 Å². The summed E-state index contributed by atoms with van der Waals surface area (Å²) in [5, 5.41) is 10.1. The zero-order valence-corrected chi connectivity index (χ0v) is 27.2. The number of nitrogens with zero attached hydrogens (tertiary/aromatic N) is 3. The van der Waals surface area contributed by atoms with E-state index >= 15 is 0 Å². The molecule has 0 N–H and O–H groups in total. The molecule has 0 radical (unpaired) electrons. The van der Waals surface area contributed by atoms with Gasteiger partial charge in [0.2, 0.25) is 0 Å². The van der Waals surface area contributed by atoms with E-state index in [4.69, 9.17) is 15.0 Å². The van der Waals surface area contributed by atoms with Crippen molar-refractivity contribution in [2.75, 3.05) is 0 Å². The van der Waals surface area contributed by atoms with Crippen LogP contribution in [0.3, 0.4) is 0 Å². The molecule has 2 aromatic heterocycles. The molecule has 10 aromatic rings. The molecule has 0 saturated heterocycles. The lowest BCUT2D eigenvalue weighted by Crippen LogP contribution is -2.00. The molecule has 0 atom stereocenters. The van der Waals surface area contributed by atoms with E-state index in [1.807, 2.05) is 35.6 Å². The van der Waals surface area contributed by atoms with Gasteiger partial charge in [0, 0.05) is 36.9 Å². The average molecular weight is 642 g/mol. The topological polar surface area (TPSA) is 38.7 Å². The van der Waals surface area contributed by atoms with Gasteiger partial charge in [0.15, 0.2) is 17.5 Å². The first-order valence-corrected chi connectivity index (χ1v) is 17.3. The van der Waals surface area contributed by atoms with Gasteiger partial charge in [-0.05, 0) is 67.7 Å². The first kappa shape index (κ1) is 27.8. The van der Waals surface area contributed by atoms with E-state index in [9.17, 15) is 0 Å². The van der Waals surface area contributed by atoms with Crippen molar-refractivity contribution in [2.45, 2.75) is 0 Å². The second-order valence-corrected chi connectivity index (χ2v) is 13.5. The number of aromatic nitrogens is 3. The quantitative estimate of drug-likeness (QED) is 0.180. The molecule has 0 aliphatic carbocycles. The van der Waals surface area contributed by atoms with Crippen LogP contribution in [0, 0.1) is 0 Å². The Bertz CT molecular complexity index is 2860. The van der Waals surface area contributed by atoms with Gasteiger partial charge in [0.05, 0.1) is 0 Å². The molecule has 2 heterocycles. The fraction of sp³-hybridized carbons (Fsp3) is 0. The summed E-state index contributed by atoms with van der Waals surface area (Å²) in [6.07, 6.45) is 0. The summed E-state index contributed by atoms with van der Waals surface area (Å²) in [7, 11) is 0. The summed E-state index contributed by atoms with van der Waals surface area (Å²) >= 11 is 1.87. The van der Waals surface area contributed by atoms with Crippen LogP contribution >= 0.6 is 11.3 Å². The highest BCUT2D eigenvalue weighted by Crippen LogP contribution is 2.44. The van der Waals surface area contributed by atoms with Gasteiger partial charge < -0.3 is 0 Å². The zero-order chi connectivity index (χ0) is 32.3. The standard InChI is InChI=1S/C45H27N3S/c1-3-12-28(13-4-1)30-16-11-17-31(26-30)44-46-43(29-14-5-2-6-15-29)47-45(48-44)32-22-23-34-36-24-25-40-42(37-20-9-10-21-39(37)49-40)41(36)35-19-8-7-18-33(35)38(34)27-32/h1-27H. The molecule has 0 saturated carbocycles. The van der Waals surface area contributed by atoms with Crippen molar-refractivity contribution < 1.29 is 0 Å². The molecule has 0 spiro atoms. The van der Waals surface area contributed by atoms with E-state index in [1.54, 1.807) is 0 Å². The van der Waals surface area contributed by atoms with Crippen LogP contribution in [0.4, 0.5) is 0 Å². The molecule has 4 heteroatoms. The number of rotatable bonds is 4. The van der Waals surface area contributed by atoms with Crippen molar-refractivity contribution in [3.8, 4) is 45.3 Å². The molecule has 0 amide bonds. The lowest BCUT2D eigenvalue weighted by molar-refractivity contribution is 1.07. The molecular weight excluding hydrogens is 615 g/mol. The molecule has 0 unspecified atom stereocenters. The summed E-state index contributed by atoms with van der Waals surface area (Å²) in [4.78, 5) is 15.2. The number of hydrogen-bond donors (Lipinski definition) is 0. The molecule has 0 aliphatic heterocycles. The fourth-order valence-electron chi connectivity index (χ4n) is 7.22. The van der Waals surface area contributed by atoms with E-state index in [2.05, 4.69) is 140 Å². The molecule has 0 aliphatic rings. The predicted molar refractivity (Wildman–Crippen MR) is 207 cm³/mol. The molecule has 0 bridgehead atoms. The van der Waals surface area contributed by atoms with E-state index < -0.39 is 0 Å². The van der Waals surface area contributed by atoms with Crippen molar-refractivity contribution in [3.63, 3.8) is 0 Å². The monoisotopic (exact) mass is 641 g/mol. The van der Waals surface area contributed by atoms with Crippen LogP contribution in [0.2, 0.25) is 0 Å². The van der Waals surface area contributed by atoms with E-state index in [0.29, 0.717) is 17.5 Å². The Balaban J connectivity index is 1.21. The smallest absolute Gasteiger partial charge is 0.164 e. The Labute approximate surface area is 286 Å². The normalized spacial score (nSPS) is 11.7. The minimum atomic E-state index is 0.650. The van der Waals surface area contributed by atoms with Crippen molar-refractivity contribution in [3.05, 3.63) is 164 Å². The lowest BCUT2D eigenvalue weighted by atomic mass is 9.91. The summed E-state index contributed by atoms with van der Waals surface area (Å²) in [5.74, 6) is 1.96. The van der Waals surface area contributed by atoms with Gasteiger partial charge in [-0.15, -0.1) is 11.3 Å². The summed E-state index contributed by atoms with van der Waals surface area (Å²) < 4.78 is 2.64. The van der Waals surface area contributed by atoms with Crippen molar-refractivity contribution in [1.82, 2.24) is 15.0 Å². The maximum atomic E-state index is 5.13. The molecule has 49 heavy (non-hydrogen) atoms. The maximum absolute atomic E-state index is 5.13. The SMILES string of the molecule is c1ccc(-c2cccc(-c3nc(-c4ccccc4)nc(-c4ccc5c(c4)c4ccccc4c4c5ccc5sc6ccccc6c54)n3)c2)cc1. The minimum Gasteiger partial charge on any atom is -0.208 e. The van der Waals surface area contributed by atoms with Gasteiger partial charge in [-0.1, -0.05) is 140 Å². The molecule has 8 aromatic carbocycles. The van der Waals surface area contributed by atoms with Gasteiger partial charge in [0.25, 0.3) is 0 Å². The van der Waals surface area contributed by atoms with E-state index in [-0.39, 0.29) is 0 Å². The Kier molecular flexibility index (Phi) is 6.36. The van der Waals surface area contributed by atoms with Crippen LogP contribution in [-0.4, -0.2) is 15.0 Å². The summed E-state index contributed by atoms with van der Waals surface area (Å²) in [6.45, 7) is 0. The predicted octanol–water partition coefficient (Wildman–Crippen LogP) is 12.4. The highest BCUT2D eigenvalue weighted by molar-refractivity contribution is 7.26. The van der Waals surface area contributed by atoms with Crippen LogP contribution in [0.5, 0.6) is 0 Å². The number of thiophene rings is 1. The minimum absolute atomic E-state index is 0.650. The van der Waals surface area contributed by atoms with Gasteiger partial charge in [-0.25, -0.2) is 15.0 Å². The third-order valence-electron chi connectivity index (χ3n) is 9.49. The Morgan fingerprint density at radius 3 is 1.59 bits per heavy atom. The molecule has 228 valence electrons. The Hall–Kier alpha value is -6.23. The highest BCUT2D eigenvalue weighted by atomic mass is 32.1. The fourth-order valence-corrected chi connectivity index (χ4v) is 8.33. The largest absolute Gasteiger partial charge is 0.208 e. The summed E-state index contributed by atoms with van der Waals surface area (Å²) in [5.41, 5.74) is 5.14. The molecule has 10 rings (SSSR count). The lowest BCUT2D eigenvalue weighted by Gasteiger charge is -2.14. The second-order valence-electron chi connectivity index (χ2n) is 12.4. The second kappa shape index (κ2) is 11.2. The van der Waals surface area contributed by atoms with Gasteiger partial charge in [0.1, 0.15) is 0 Å². The molecule has 0 fully saturated rings. The highest BCUT2D eigenvalue weighted by Gasteiger charge is 2.17. The molecule has 3 nitrogen and oxygen atoms in total. The van der Waals surface area contributed by atoms with Crippen LogP contribution < -0.4 is 0 Å². The van der Waals surface area contributed by atoms with Crippen molar-refractivity contribution >= 4 is 63.8 Å². The van der Waals surface area contributed by atoms with Crippen molar-refractivity contribution in [2.24, 2.45) is 0 Å². The van der Waals surface area contributed by atoms with Crippen molar-refractivity contribution in [1.29, 1.82) is 0 Å². The van der Waals surface area contributed by atoms with E-state index in [1.165, 1.54) is 52.5 Å². The first-order valence-electron chi connectivity index (χ1n) is 16.4. The summed E-state index contributed by atoms with van der Waals surface area (Å²) in [6, 6.07) is 57.9. The van der Waals surface area contributed by atoms with E-state index in [0.717, 1.165) is 27.8 Å². The number of hydrogen-bond acceptors (Lipinski definition) is 4. The average Bonchev–Trinajstić information content (AvgIpc) is 3.57. The zero-order valence-electron chi connectivity index (χ0n) is 26.3. The van der Waals surface area contributed by atoms with Gasteiger partial charge in [-0.2, -0.15) is 0 Å². The van der Waals surface area contributed by atoms with Gasteiger partial charge >= 0.3 is 0 Å². The van der Waals surface area contributed by atoms with Crippen LogP contribution in [0.25, 0.3) is 97.8 Å². The molecular formula is C45H27N3S. The third kappa shape index (κ3) is 4.61. The maximum Gasteiger partial charge on any atom is 0.164 e. The Morgan fingerprint density at radius 2 is 0.816 bits per heavy atom. The number of fused-ring (bicyclic) bond motifs is 10. The van der Waals surface area contributed by atoms with Crippen LogP contribution in [-0.2, 0) is 0 Å². The first-order chi connectivity index (χ1) is 24.3. The van der Waals surface area contributed by atoms with Crippen LogP contribution in [0.15, 0.2) is 164 Å². The number of benzene rings is 8.